The second-order valence-electron chi connectivity index (χ2n) is 4.59. The number of hydrogen-bond acceptors (Lipinski definition) is 4. The minimum Gasteiger partial charge on any atom is -0.465 e. The van der Waals surface area contributed by atoms with Crippen LogP contribution in [0.15, 0.2) is 30.3 Å². The van der Waals surface area contributed by atoms with Crippen molar-refractivity contribution in [1.29, 1.82) is 0 Å². The zero-order chi connectivity index (χ0) is 14.5. The van der Waals surface area contributed by atoms with Crippen molar-refractivity contribution in [3.8, 4) is 0 Å². The van der Waals surface area contributed by atoms with Crippen LogP contribution >= 0.6 is 0 Å². The van der Waals surface area contributed by atoms with Crippen LogP contribution in [-0.4, -0.2) is 29.1 Å². The number of aliphatic hydroxyl groups is 1. The Morgan fingerprint density at radius 2 is 1.84 bits per heavy atom. The maximum atomic E-state index is 12.4. The second kappa shape index (κ2) is 6.48. The number of ether oxygens (including phenoxy) is 1. The first-order chi connectivity index (χ1) is 8.94. The van der Waals surface area contributed by atoms with Gasteiger partial charge in [0.15, 0.2) is 5.78 Å². The van der Waals surface area contributed by atoms with Crippen LogP contribution in [0.3, 0.4) is 0 Å². The highest BCUT2D eigenvalue weighted by Crippen LogP contribution is 2.26. The third-order valence-electron chi connectivity index (χ3n) is 3.14. The first-order valence-electron chi connectivity index (χ1n) is 6.42. The summed E-state index contributed by atoms with van der Waals surface area (Å²) in [6.07, 6.45) is 0.245. The van der Waals surface area contributed by atoms with Crippen molar-refractivity contribution < 1.29 is 19.4 Å². The highest BCUT2D eigenvalue weighted by Gasteiger charge is 2.40. The van der Waals surface area contributed by atoms with E-state index in [0.29, 0.717) is 5.56 Å². The predicted molar refractivity (Wildman–Crippen MR) is 71.7 cm³/mol. The molecule has 1 aromatic carbocycles. The normalized spacial score (nSPS) is 15.4. The fraction of sp³-hybridized carbons (Fsp3) is 0.467. The van der Waals surface area contributed by atoms with Gasteiger partial charge in [0.25, 0.3) is 0 Å². The van der Waals surface area contributed by atoms with Gasteiger partial charge in [-0.05, 0) is 25.8 Å². The van der Waals surface area contributed by atoms with Crippen molar-refractivity contribution in [3.05, 3.63) is 35.9 Å². The molecule has 2 atom stereocenters. The van der Waals surface area contributed by atoms with Crippen LogP contribution in [0.25, 0.3) is 0 Å². The second-order valence-corrected chi connectivity index (χ2v) is 4.59. The zero-order valence-corrected chi connectivity index (χ0v) is 11.6. The summed E-state index contributed by atoms with van der Waals surface area (Å²) < 4.78 is 4.95. The summed E-state index contributed by atoms with van der Waals surface area (Å²) in [6, 6.07) is 8.66. The summed E-state index contributed by atoms with van der Waals surface area (Å²) in [5.74, 6) is -2.22. The van der Waals surface area contributed by atoms with Crippen LogP contribution in [0, 0.1) is 0 Å². The largest absolute Gasteiger partial charge is 0.465 e. The third kappa shape index (κ3) is 3.64. The highest BCUT2D eigenvalue weighted by molar-refractivity contribution is 6.08. The SMILES string of the molecule is CCOC(=O)C(C(=O)C(C)(O)CC)c1ccccc1. The standard InChI is InChI=1S/C15H20O4/c1-4-15(3,18)13(16)12(14(17)19-5-2)11-9-7-6-8-10-11/h6-10,12,18H,4-5H2,1-3H3. The fourth-order valence-corrected chi connectivity index (χ4v) is 1.75. The number of Topliss-reactive ketones (excluding diaryl/α,β-unsaturated/α-hetero) is 1. The van der Waals surface area contributed by atoms with E-state index < -0.39 is 23.3 Å². The summed E-state index contributed by atoms with van der Waals surface area (Å²) in [5.41, 5.74) is -0.993. The molecule has 0 aliphatic rings. The summed E-state index contributed by atoms with van der Waals surface area (Å²) >= 11 is 0. The van der Waals surface area contributed by atoms with Gasteiger partial charge in [0.1, 0.15) is 11.5 Å². The van der Waals surface area contributed by atoms with E-state index >= 15 is 0 Å². The van der Waals surface area contributed by atoms with Crippen LogP contribution in [0.1, 0.15) is 38.7 Å². The molecule has 0 bridgehead atoms. The Morgan fingerprint density at radius 3 is 2.32 bits per heavy atom. The molecule has 0 spiro atoms. The van der Waals surface area contributed by atoms with Gasteiger partial charge in [0.2, 0.25) is 0 Å². The average molecular weight is 264 g/mol. The van der Waals surface area contributed by atoms with Gasteiger partial charge in [-0.3, -0.25) is 9.59 Å². The van der Waals surface area contributed by atoms with Gasteiger partial charge in [-0.15, -0.1) is 0 Å². The topological polar surface area (TPSA) is 63.6 Å². The van der Waals surface area contributed by atoms with Crippen molar-refractivity contribution in [2.75, 3.05) is 6.61 Å². The Bertz CT molecular complexity index is 437. The van der Waals surface area contributed by atoms with E-state index in [0.717, 1.165) is 0 Å². The molecule has 0 fully saturated rings. The van der Waals surface area contributed by atoms with Gasteiger partial charge < -0.3 is 9.84 Å². The molecule has 1 rings (SSSR count). The maximum absolute atomic E-state index is 12.4. The van der Waals surface area contributed by atoms with Crippen molar-refractivity contribution in [1.82, 2.24) is 0 Å². The molecule has 0 radical (unpaired) electrons. The Morgan fingerprint density at radius 1 is 1.26 bits per heavy atom. The number of esters is 1. The van der Waals surface area contributed by atoms with E-state index in [1.807, 2.05) is 0 Å². The van der Waals surface area contributed by atoms with Crippen LogP contribution in [0.5, 0.6) is 0 Å². The van der Waals surface area contributed by atoms with Crippen LogP contribution < -0.4 is 0 Å². The van der Waals surface area contributed by atoms with Gasteiger partial charge >= 0.3 is 5.97 Å². The maximum Gasteiger partial charge on any atom is 0.321 e. The molecule has 104 valence electrons. The van der Waals surface area contributed by atoms with Crippen molar-refractivity contribution >= 4 is 11.8 Å². The molecule has 0 aliphatic heterocycles. The molecule has 0 saturated heterocycles. The minimum atomic E-state index is -1.53. The van der Waals surface area contributed by atoms with Gasteiger partial charge in [-0.25, -0.2) is 0 Å². The van der Waals surface area contributed by atoms with Gasteiger partial charge in [-0.2, -0.15) is 0 Å². The first kappa shape index (κ1) is 15.4. The van der Waals surface area contributed by atoms with E-state index in [1.54, 1.807) is 44.2 Å². The summed E-state index contributed by atoms with van der Waals surface area (Å²) in [4.78, 5) is 24.4. The van der Waals surface area contributed by atoms with E-state index in [-0.39, 0.29) is 13.0 Å². The van der Waals surface area contributed by atoms with E-state index in [9.17, 15) is 14.7 Å². The number of ketones is 1. The van der Waals surface area contributed by atoms with E-state index in [2.05, 4.69) is 0 Å². The summed E-state index contributed by atoms with van der Waals surface area (Å²) in [6.45, 7) is 5.00. The average Bonchev–Trinajstić information content (AvgIpc) is 2.40. The van der Waals surface area contributed by atoms with Gasteiger partial charge in [0, 0.05) is 0 Å². The lowest BCUT2D eigenvalue weighted by Gasteiger charge is -2.25. The zero-order valence-electron chi connectivity index (χ0n) is 11.6. The molecular formula is C15H20O4. The van der Waals surface area contributed by atoms with E-state index in [1.165, 1.54) is 6.92 Å². The lowest BCUT2D eigenvalue weighted by atomic mass is 9.84. The monoisotopic (exact) mass is 264 g/mol. The van der Waals surface area contributed by atoms with Crippen molar-refractivity contribution in [2.24, 2.45) is 0 Å². The molecule has 0 amide bonds. The fourth-order valence-electron chi connectivity index (χ4n) is 1.75. The quantitative estimate of drug-likeness (QED) is 0.631. The first-order valence-corrected chi connectivity index (χ1v) is 6.42. The highest BCUT2D eigenvalue weighted by atomic mass is 16.5. The molecule has 0 aromatic heterocycles. The molecule has 0 heterocycles. The lowest BCUT2D eigenvalue weighted by Crippen LogP contribution is -2.41. The van der Waals surface area contributed by atoms with Crippen molar-refractivity contribution in [2.45, 2.75) is 38.7 Å². The number of benzene rings is 1. The molecule has 1 N–H and O–H groups in total. The van der Waals surface area contributed by atoms with Crippen LogP contribution in [0.4, 0.5) is 0 Å². The van der Waals surface area contributed by atoms with E-state index in [4.69, 9.17) is 4.74 Å². The Labute approximate surface area is 113 Å². The molecule has 2 unspecified atom stereocenters. The van der Waals surface area contributed by atoms with Crippen LogP contribution in [0.2, 0.25) is 0 Å². The number of carbonyl (C=O) groups is 2. The summed E-state index contributed by atoms with van der Waals surface area (Å²) in [7, 11) is 0. The summed E-state index contributed by atoms with van der Waals surface area (Å²) in [5, 5.41) is 10.1. The number of rotatable bonds is 6. The Kier molecular flexibility index (Phi) is 5.24. The van der Waals surface area contributed by atoms with Gasteiger partial charge in [-0.1, -0.05) is 37.3 Å². The molecular weight excluding hydrogens is 244 g/mol. The lowest BCUT2D eigenvalue weighted by molar-refractivity contribution is -0.153. The van der Waals surface area contributed by atoms with Crippen molar-refractivity contribution in [3.63, 3.8) is 0 Å². The number of carbonyl (C=O) groups excluding carboxylic acids is 2. The predicted octanol–water partition coefficient (Wildman–Crippen LogP) is 2.06. The number of hydrogen-bond donors (Lipinski definition) is 1. The molecule has 4 nitrogen and oxygen atoms in total. The Hall–Kier alpha value is -1.68. The molecule has 0 saturated carbocycles. The minimum absolute atomic E-state index is 0.198. The van der Waals surface area contributed by atoms with Crippen LogP contribution in [-0.2, 0) is 14.3 Å². The molecule has 4 heteroatoms. The molecule has 19 heavy (non-hydrogen) atoms. The smallest absolute Gasteiger partial charge is 0.321 e. The Balaban J connectivity index is 3.14. The third-order valence-corrected chi connectivity index (χ3v) is 3.14. The van der Waals surface area contributed by atoms with Gasteiger partial charge in [0.05, 0.1) is 6.61 Å². The molecule has 0 aliphatic carbocycles. The molecule has 1 aromatic rings.